The van der Waals surface area contributed by atoms with Crippen molar-refractivity contribution < 1.29 is 4.79 Å². The van der Waals surface area contributed by atoms with Gasteiger partial charge in [-0.1, -0.05) is 56.2 Å². The summed E-state index contributed by atoms with van der Waals surface area (Å²) < 4.78 is 2.12. The zero-order chi connectivity index (χ0) is 21.8. The Balaban J connectivity index is 1.70. The molecule has 2 saturated heterocycles. The first-order valence-corrected chi connectivity index (χ1v) is 12.3. The lowest BCUT2D eigenvalue weighted by Crippen LogP contribution is -2.33. The van der Waals surface area contributed by atoms with Gasteiger partial charge in [0.15, 0.2) is 0 Å². The SMILES string of the molecule is CCCCCCN1C(=O)C(=Cc2c(N3CCCCC3)nc3ccccn3c2=O)SC1=S. The molecule has 4 rings (SSSR count). The van der Waals surface area contributed by atoms with Crippen LogP contribution in [0.15, 0.2) is 34.1 Å². The average Bonchev–Trinajstić information content (AvgIpc) is 3.06. The number of anilines is 1. The monoisotopic (exact) mass is 456 g/mol. The van der Waals surface area contributed by atoms with Gasteiger partial charge in [0.25, 0.3) is 11.5 Å². The van der Waals surface area contributed by atoms with E-state index in [1.54, 1.807) is 21.6 Å². The van der Waals surface area contributed by atoms with Crippen molar-refractivity contribution >= 4 is 51.7 Å². The minimum absolute atomic E-state index is 0.103. The molecule has 0 radical (unpaired) electrons. The fourth-order valence-corrected chi connectivity index (χ4v) is 5.38. The van der Waals surface area contributed by atoms with Gasteiger partial charge in [0.05, 0.1) is 10.5 Å². The third kappa shape index (κ3) is 4.70. The van der Waals surface area contributed by atoms with E-state index in [9.17, 15) is 9.59 Å². The number of piperidine rings is 1. The average molecular weight is 457 g/mol. The van der Waals surface area contributed by atoms with Gasteiger partial charge in [-0.2, -0.15) is 0 Å². The minimum atomic E-state index is -0.153. The molecule has 164 valence electrons. The van der Waals surface area contributed by atoms with Gasteiger partial charge in [0.1, 0.15) is 15.8 Å². The number of fused-ring (bicyclic) bond motifs is 1. The third-order valence-corrected chi connectivity index (χ3v) is 7.17. The Bertz CT molecular complexity index is 1070. The Morgan fingerprint density at radius 2 is 1.94 bits per heavy atom. The molecule has 8 heteroatoms. The molecule has 2 aromatic heterocycles. The number of amides is 1. The van der Waals surface area contributed by atoms with Gasteiger partial charge in [0, 0.05) is 25.8 Å². The predicted octanol–water partition coefficient (Wildman–Crippen LogP) is 4.47. The van der Waals surface area contributed by atoms with Crippen molar-refractivity contribution in [1.82, 2.24) is 14.3 Å². The van der Waals surface area contributed by atoms with Gasteiger partial charge in [-0.05, 0) is 43.9 Å². The zero-order valence-corrected chi connectivity index (χ0v) is 19.5. The standard InChI is InChI=1S/C23H28N4O2S2/c1-2-3-4-9-15-27-22(29)18(31-23(27)30)16-17-20(25-12-7-5-8-13-25)24-19-11-6-10-14-26(19)21(17)28/h6,10-11,14,16H,2-5,7-9,12-13,15H2,1H3. The van der Waals surface area contributed by atoms with Gasteiger partial charge >= 0.3 is 0 Å². The summed E-state index contributed by atoms with van der Waals surface area (Å²) in [6.07, 6.45) is 11.1. The van der Waals surface area contributed by atoms with Crippen LogP contribution in [0.25, 0.3) is 11.7 Å². The van der Waals surface area contributed by atoms with E-state index in [0.29, 0.717) is 32.8 Å². The molecule has 0 saturated carbocycles. The number of aromatic nitrogens is 2. The van der Waals surface area contributed by atoms with Crippen molar-refractivity contribution in [3.8, 4) is 0 Å². The quantitative estimate of drug-likeness (QED) is 0.348. The largest absolute Gasteiger partial charge is 0.356 e. The van der Waals surface area contributed by atoms with Crippen LogP contribution in [0, 0.1) is 0 Å². The number of hydrogen-bond donors (Lipinski definition) is 0. The maximum absolute atomic E-state index is 13.4. The number of unbranched alkanes of at least 4 members (excludes halogenated alkanes) is 3. The molecule has 6 nitrogen and oxygen atoms in total. The molecule has 0 aliphatic carbocycles. The van der Waals surface area contributed by atoms with Gasteiger partial charge in [-0.25, -0.2) is 4.98 Å². The molecule has 0 N–H and O–H groups in total. The highest BCUT2D eigenvalue weighted by atomic mass is 32.2. The first kappa shape index (κ1) is 22.0. The molecule has 4 heterocycles. The topological polar surface area (TPSA) is 57.9 Å². The summed E-state index contributed by atoms with van der Waals surface area (Å²) in [4.78, 5) is 35.6. The normalized spacial score (nSPS) is 18.5. The number of thioether (sulfide) groups is 1. The Morgan fingerprint density at radius 3 is 2.71 bits per heavy atom. The Hall–Kier alpha value is -2.19. The highest BCUT2D eigenvalue weighted by Crippen LogP contribution is 2.34. The molecule has 2 fully saturated rings. The highest BCUT2D eigenvalue weighted by Gasteiger charge is 2.32. The van der Waals surface area contributed by atoms with Crippen LogP contribution in [0.1, 0.15) is 57.4 Å². The van der Waals surface area contributed by atoms with E-state index in [1.165, 1.54) is 18.2 Å². The molecule has 0 aromatic carbocycles. The fraction of sp³-hybridized carbons (Fsp3) is 0.478. The van der Waals surface area contributed by atoms with Gasteiger partial charge < -0.3 is 4.90 Å². The summed E-state index contributed by atoms with van der Waals surface area (Å²) in [6, 6.07) is 5.54. The van der Waals surface area contributed by atoms with Crippen LogP contribution in [0.2, 0.25) is 0 Å². The number of rotatable bonds is 7. The summed E-state index contributed by atoms with van der Waals surface area (Å²) >= 11 is 6.76. The van der Waals surface area contributed by atoms with Crippen molar-refractivity contribution in [2.75, 3.05) is 24.5 Å². The molecule has 2 aliphatic rings. The molecular formula is C23H28N4O2S2. The predicted molar refractivity (Wildman–Crippen MR) is 132 cm³/mol. The summed E-state index contributed by atoms with van der Waals surface area (Å²) in [6.45, 7) is 4.54. The van der Waals surface area contributed by atoms with E-state index >= 15 is 0 Å². The molecule has 0 atom stereocenters. The third-order valence-electron chi connectivity index (χ3n) is 5.79. The molecule has 31 heavy (non-hydrogen) atoms. The second kappa shape index (κ2) is 9.96. The summed E-state index contributed by atoms with van der Waals surface area (Å²) in [5, 5.41) is 0. The number of pyridine rings is 1. The number of carbonyl (C=O) groups is 1. The molecule has 0 bridgehead atoms. The van der Waals surface area contributed by atoms with Crippen LogP contribution in [0.3, 0.4) is 0 Å². The molecule has 1 amide bonds. The summed E-state index contributed by atoms with van der Waals surface area (Å²) in [5.74, 6) is 0.567. The van der Waals surface area contributed by atoms with Crippen molar-refractivity contribution in [2.45, 2.75) is 51.9 Å². The second-order valence-corrected chi connectivity index (χ2v) is 9.70. The Labute approximate surface area is 192 Å². The van der Waals surface area contributed by atoms with Crippen LogP contribution in [-0.2, 0) is 4.79 Å². The number of carbonyl (C=O) groups excluding carboxylic acids is 1. The van der Waals surface area contributed by atoms with Gasteiger partial charge in [-0.15, -0.1) is 0 Å². The van der Waals surface area contributed by atoms with Crippen LogP contribution < -0.4 is 10.5 Å². The number of thiocarbonyl (C=S) groups is 1. The van der Waals surface area contributed by atoms with E-state index in [4.69, 9.17) is 17.2 Å². The molecule has 0 unspecified atom stereocenters. The first-order chi connectivity index (χ1) is 15.1. The minimum Gasteiger partial charge on any atom is -0.356 e. The van der Waals surface area contributed by atoms with Crippen molar-refractivity contribution in [3.63, 3.8) is 0 Å². The van der Waals surface area contributed by atoms with Crippen LogP contribution in [-0.4, -0.2) is 44.1 Å². The Morgan fingerprint density at radius 1 is 1.13 bits per heavy atom. The molecule has 2 aliphatic heterocycles. The zero-order valence-electron chi connectivity index (χ0n) is 17.9. The number of nitrogens with zero attached hydrogens (tertiary/aromatic N) is 4. The number of hydrogen-bond acceptors (Lipinski definition) is 6. The van der Waals surface area contributed by atoms with Crippen LogP contribution in [0.5, 0.6) is 0 Å². The fourth-order valence-electron chi connectivity index (χ4n) is 4.08. The highest BCUT2D eigenvalue weighted by molar-refractivity contribution is 8.26. The summed E-state index contributed by atoms with van der Waals surface area (Å²) in [7, 11) is 0. The lowest BCUT2D eigenvalue weighted by Gasteiger charge is -2.29. The first-order valence-electron chi connectivity index (χ1n) is 11.1. The molecular weight excluding hydrogens is 428 g/mol. The van der Waals surface area contributed by atoms with E-state index in [-0.39, 0.29) is 11.5 Å². The maximum atomic E-state index is 13.4. The maximum Gasteiger partial charge on any atom is 0.267 e. The summed E-state index contributed by atoms with van der Waals surface area (Å²) in [5.41, 5.74) is 0.935. The lowest BCUT2D eigenvalue weighted by molar-refractivity contribution is -0.122. The van der Waals surface area contributed by atoms with E-state index in [2.05, 4.69) is 11.8 Å². The van der Waals surface area contributed by atoms with E-state index in [1.807, 2.05) is 18.2 Å². The van der Waals surface area contributed by atoms with Gasteiger partial charge in [0.2, 0.25) is 0 Å². The molecule has 0 spiro atoms. The second-order valence-electron chi connectivity index (χ2n) is 8.02. The smallest absolute Gasteiger partial charge is 0.267 e. The van der Waals surface area contributed by atoms with E-state index in [0.717, 1.165) is 51.6 Å². The van der Waals surface area contributed by atoms with Crippen LogP contribution >= 0.6 is 24.0 Å². The Kier molecular flexibility index (Phi) is 7.07. The van der Waals surface area contributed by atoms with Crippen molar-refractivity contribution in [3.05, 3.63) is 45.2 Å². The van der Waals surface area contributed by atoms with Gasteiger partial charge in [-0.3, -0.25) is 18.9 Å². The molecule has 2 aromatic rings. The lowest BCUT2D eigenvalue weighted by atomic mass is 10.1. The van der Waals surface area contributed by atoms with Crippen molar-refractivity contribution in [2.24, 2.45) is 0 Å². The van der Waals surface area contributed by atoms with E-state index < -0.39 is 0 Å². The van der Waals surface area contributed by atoms with Crippen molar-refractivity contribution in [1.29, 1.82) is 0 Å². The van der Waals surface area contributed by atoms with Crippen LogP contribution in [0.4, 0.5) is 5.82 Å².